The molecule has 0 aliphatic heterocycles. The van der Waals surface area contributed by atoms with Crippen LogP contribution in [0.1, 0.15) is 54.2 Å². The van der Waals surface area contributed by atoms with Crippen molar-refractivity contribution in [3.63, 3.8) is 0 Å². The number of halogens is 3. The van der Waals surface area contributed by atoms with Crippen LogP contribution in [0.3, 0.4) is 0 Å². The number of phenols is 1. The SMILES string of the molecule is Cc1c([C@](C)(C(=O)O)C2CCCC2)c2c(F)c(O)c(F)cc2n1C(=O)c1ccc(Cl)cc1. The van der Waals surface area contributed by atoms with Crippen molar-refractivity contribution in [1.29, 1.82) is 0 Å². The van der Waals surface area contributed by atoms with E-state index < -0.39 is 34.7 Å². The lowest BCUT2D eigenvalue weighted by Gasteiger charge is -2.32. The van der Waals surface area contributed by atoms with Crippen LogP contribution in [0.25, 0.3) is 10.9 Å². The molecule has 0 radical (unpaired) electrons. The summed E-state index contributed by atoms with van der Waals surface area (Å²) in [4.78, 5) is 26.0. The summed E-state index contributed by atoms with van der Waals surface area (Å²) in [6.45, 7) is 3.04. The minimum Gasteiger partial charge on any atom is -0.503 e. The Morgan fingerprint density at radius 1 is 1.16 bits per heavy atom. The van der Waals surface area contributed by atoms with Gasteiger partial charge in [0.15, 0.2) is 17.4 Å². The summed E-state index contributed by atoms with van der Waals surface area (Å²) < 4.78 is 30.8. The molecule has 1 atom stereocenters. The number of carbonyl (C=O) groups excluding carboxylic acids is 1. The van der Waals surface area contributed by atoms with E-state index in [4.69, 9.17) is 11.6 Å². The Morgan fingerprint density at radius 2 is 1.75 bits per heavy atom. The highest BCUT2D eigenvalue weighted by Crippen LogP contribution is 2.48. The van der Waals surface area contributed by atoms with Gasteiger partial charge in [-0.15, -0.1) is 0 Å². The molecule has 1 heterocycles. The number of fused-ring (bicyclic) bond motifs is 1. The van der Waals surface area contributed by atoms with Gasteiger partial charge in [0, 0.05) is 33.3 Å². The molecule has 1 aliphatic carbocycles. The number of rotatable bonds is 4. The van der Waals surface area contributed by atoms with E-state index >= 15 is 4.39 Å². The van der Waals surface area contributed by atoms with Crippen molar-refractivity contribution in [2.24, 2.45) is 5.92 Å². The van der Waals surface area contributed by atoms with Crippen LogP contribution in [0.5, 0.6) is 5.75 Å². The molecular weight excluding hydrogens is 440 g/mol. The van der Waals surface area contributed by atoms with Gasteiger partial charge in [-0.05, 0) is 56.9 Å². The number of benzene rings is 2. The summed E-state index contributed by atoms with van der Waals surface area (Å²) in [7, 11) is 0. The van der Waals surface area contributed by atoms with E-state index in [0.717, 1.165) is 23.5 Å². The lowest BCUT2D eigenvalue weighted by molar-refractivity contribution is -0.145. The van der Waals surface area contributed by atoms with Crippen molar-refractivity contribution in [2.75, 3.05) is 0 Å². The molecule has 8 heteroatoms. The van der Waals surface area contributed by atoms with Gasteiger partial charge in [-0.25, -0.2) is 8.78 Å². The third-order valence-electron chi connectivity index (χ3n) is 6.79. The molecule has 1 saturated carbocycles. The molecule has 32 heavy (non-hydrogen) atoms. The molecule has 2 aromatic carbocycles. The zero-order chi connectivity index (χ0) is 23.4. The van der Waals surface area contributed by atoms with E-state index in [1.54, 1.807) is 0 Å². The normalized spacial score (nSPS) is 16.4. The van der Waals surface area contributed by atoms with E-state index in [1.807, 2.05) is 0 Å². The van der Waals surface area contributed by atoms with Gasteiger partial charge in [0.2, 0.25) is 0 Å². The number of aromatic nitrogens is 1. The minimum absolute atomic E-state index is 0.0852. The van der Waals surface area contributed by atoms with Gasteiger partial charge >= 0.3 is 5.97 Å². The quantitative estimate of drug-likeness (QED) is 0.514. The van der Waals surface area contributed by atoms with Crippen LogP contribution in [-0.2, 0) is 10.2 Å². The Bertz CT molecular complexity index is 1250. The monoisotopic (exact) mass is 461 g/mol. The second-order valence-corrected chi connectivity index (χ2v) is 8.95. The fourth-order valence-corrected chi connectivity index (χ4v) is 5.22. The lowest BCUT2D eigenvalue weighted by atomic mass is 9.69. The van der Waals surface area contributed by atoms with Crippen molar-refractivity contribution in [2.45, 2.75) is 44.9 Å². The summed E-state index contributed by atoms with van der Waals surface area (Å²) in [5, 5.41) is 20.4. The molecular formula is C24H22ClF2NO4. The molecule has 2 N–H and O–H groups in total. The highest BCUT2D eigenvalue weighted by molar-refractivity contribution is 6.30. The van der Waals surface area contributed by atoms with Crippen LogP contribution in [0.4, 0.5) is 8.78 Å². The van der Waals surface area contributed by atoms with Crippen molar-refractivity contribution in [1.82, 2.24) is 4.57 Å². The zero-order valence-electron chi connectivity index (χ0n) is 17.6. The molecule has 3 aromatic rings. The van der Waals surface area contributed by atoms with Crippen LogP contribution in [-0.4, -0.2) is 26.7 Å². The summed E-state index contributed by atoms with van der Waals surface area (Å²) in [5.74, 6) is -5.75. The molecule has 1 fully saturated rings. The van der Waals surface area contributed by atoms with E-state index in [1.165, 1.54) is 38.1 Å². The number of carboxylic acids is 1. The average Bonchev–Trinajstić information content (AvgIpc) is 3.38. The largest absolute Gasteiger partial charge is 0.503 e. The second kappa shape index (κ2) is 7.89. The average molecular weight is 462 g/mol. The summed E-state index contributed by atoms with van der Waals surface area (Å²) in [5.41, 5.74) is -1.17. The third kappa shape index (κ3) is 3.18. The molecule has 0 unspecified atom stereocenters. The highest BCUT2D eigenvalue weighted by atomic mass is 35.5. The van der Waals surface area contributed by atoms with Crippen LogP contribution < -0.4 is 0 Å². The minimum atomic E-state index is -1.53. The summed E-state index contributed by atoms with van der Waals surface area (Å²) in [6, 6.07) is 6.87. The first-order valence-electron chi connectivity index (χ1n) is 10.3. The smallest absolute Gasteiger partial charge is 0.314 e. The lowest BCUT2D eigenvalue weighted by Crippen LogP contribution is -2.40. The maximum absolute atomic E-state index is 15.3. The van der Waals surface area contributed by atoms with E-state index in [-0.39, 0.29) is 33.6 Å². The fourth-order valence-electron chi connectivity index (χ4n) is 5.09. The number of phenolic OH excluding ortho intramolecular Hbond substituents is 1. The maximum Gasteiger partial charge on any atom is 0.314 e. The Balaban J connectivity index is 2.09. The second-order valence-electron chi connectivity index (χ2n) is 8.51. The summed E-state index contributed by atoms with van der Waals surface area (Å²) >= 11 is 5.91. The number of hydrogen-bond acceptors (Lipinski definition) is 3. The molecule has 1 aliphatic rings. The number of nitrogens with zero attached hydrogens (tertiary/aromatic N) is 1. The molecule has 0 spiro atoms. The van der Waals surface area contributed by atoms with Gasteiger partial charge in [-0.3, -0.25) is 14.2 Å². The van der Waals surface area contributed by atoms with Crippen molar-refractivity contribution < 1.29 is 28.6 Å². The maximum atomic E-state index is 15.3. The van der Waals surface area contributed by atoms with Crippen LogP contribution in [0, 0.1) is 24.5 Å². The summed E-state index contributed by atoms with van der Waals surface area (Å²) in [6.07, 6.45) is 2.96. The Labute approximate surface area is 188 Å². The Morgan fingerprint density at radius 3 is 2.31 bits per heavy atom. The molecule has 0 bridgehead atoms. The molecule has 0 amide bonds. The first kappa shape index (κ1) is 22.3. The van der Waals surface area contributed by atoms with E-state index in [0.29, 0.717) is 17.9 Å². The van der Waals surface area contributed by atoms with Gasteiger partial charge < -0.3 is 10.2 Å². The van der Waals surface area contributed by atoms with Gasteiger partial charge in [-0.2, -0.15) is 0 Å². The van der Waals surface area contributed by atoms with Gasteiger partial charge in [0.1, 0.15) is 0 Å². The number of aliphatic carboxylic acids is 1. The van der Waals surface area contributed by atoms with Crippen molar-refractivity contribution in [3.8, 4) is 5.75 Å². The van der Waals surface area contributed by atoms with Gasteiger partial charge in [0.25, 0.3) is 5.91 Å². The van der Waals surface area contributed by atoms with E-state index in [2.05, 4.69) is 0 Å². The first-order chi connectivity index (χ1) is 15.1. The fraction of sp³-hybridized carbons (Fsp3) is 0.333. The standard InChI is InChI=1S/C24H22ClF2NO4/c1-12-19(24(2,23(31)32)14-5-3-4-6-14)18-17(11-16(26)21(29)20(18)27)28(12)22(30)13-7-9-15(25)10-8-13/h7-11,14,29H,3-6H2,1-2H3,(H,31,32)/t24-/m1/s1. The first-order valence-corrected chi connectivity index (χ1v) is 10.7. The zero-order valence-corrected chi connectivity index (χ0v) is 18.3. The number of hydrogen-bond donors (Lipinski definition) is 2. The third-order valence-corrected chi connectivity index (χ3v) is 7.04. The number of aromatic hydroxyl groups is 1. The van der Waals surface area contributed by atoms with Crippen LogP contribution in [0.15, 0.2) is 30.3 Å². The topological polar surface area (TPSA) is 79.5 Å². The predicted octanol–water partition coefficient (Wildman–Crippen LogP) is 5.81. The Hall–Kier alpha value is -2.93. The van der Waals surface area contributed by atoms with Crippen LogP contribution >= 0.6 is 11.6 Å². The van der Waals surface area contributed by atoms with Crippen molar-refractivity contribution in [3.05, 3.63) is 63.8 Å². The molecule has 168 valence electrons. The van der Waals surface area contributed by atoms with Crippen molar-refractivity contribution >= 4 is 34.4 Å². The van der Waals surface area contributed by atoms with Gasteiger partial charge in [0.05, 0.1) is 10.9 Å². The number of carbonyl (C=O) groups is 2. The van der Waals surface area contributed by atoms with Gasteiger partial charge in [-0.1, -0.05) is 24.4 Å². The Kier molecular flexibility index (Phi) is 5.49. The number of carboxylic acid groups (broad SMARTS) is 1. The van der Waals surface area contributed by atoms with E-state index in [9.17, 15) is 24.2 Å². The highest BCUT2D eigenvalue weighted by Gasteiger charge is 2.48. The molecule has 5 nitrogen and oxygen atoms in total. The molecule has 1 aromatic heterocycles. The molecule has 0 saturated heterocycles. The predicted molar refractivity (Wildman–Crippen MR) is 116 cm³/mol. The van der Waals surface area contributed by atoms with Crippen LogP contribution in [0.2, 0.25) is 5.02 Å². The molecule has 4 rings (SSSR count).